The summed E-state index contributed by atoms with van der Waals surface area (Å²) in [6.45, 7) is 1.26. The number of methoxy groups -OCH3 is 1. The van der Waals surface area contributed by atoms with Crippen molar-refractivity contribution in [2.24, 2.45) is 0 Å². The minimum atomic E-state index is -0.763. The molecule has 110 valence electrons. The molecule has 0 spiro atoms. The third-order valence-corrected chi connectivity index (χ3v) is 3.33. The van der Waals surface area contributed by atoms with Crippen LogP contribution in [0.15, 0.2) is 24.3 Å². The van der Waals surface area contributed by atoms with Gasteiger partial charge in [0, 0.05) is 19.6 Å². The summed E-state index contributed by atoms with van der Waals surface area (Å²) in [6, 6.07) is 7.49. The molecule has 1 fully saturated rings. The maximum atomic E-state index is 11.8. The topological polar surface area (TPSA) is 82.0 Å². The highest BCUT2D eigenvalue weighted by atomic mass is 16.5. The van der Waals surface area contributed by atoms with E-state index in [0.29, 0.717) is 19.6 Å². The Bertz CT molecular complexity index is 456. The van der Waals surface area contributed by atoms with Gasteiger partial charge in [-0.25, -0.2) is 0 Å². The molecule has 1 saturated heterocycles. The maximum absolute atomic E-state index is 11.8. The molecule has 3 N–H and O–H groups in total. The number of ether oxygens (including phenoxy) is 1. The van der Waals surface area contributed by atoms with Crippen LogP contribution in [0.1, 0.15) is 5.56 Å². The standard InChI is InChI=1S/C14H20N2O4/c1-20-11-4-2-3-10(5-11)6-15-14(19)9-16-7-12(17)13(18)8-16/h2-5,12-13,17-18H,6-9H2,1H3,(H,15,19)/t12-,13+. The van der Waals surface area contributed by atoms with Crippen LogP contribution in [-0.2, 0) is 11.3 Å². The summed E-state index contributed by atoms with van der Waals surface area (Å²) in [4.78, 5) is 13.5. The Morgan fingerprint density at radius 3 is 2.75 bits per heavy atom. The van der Waals surface area contributed by atoms with Gasteiger partial charge in [0.15, 0.2) is 0 Å². The van der Waals surface area contributed by atoms with Gasteiger partial charge in [0.05, 0.1) is 25.9 Å². The number of rotatable bonds is 5. The number of hydrogen-bond acceptors (Lipinski definition) is 5. The van der Waals surface area contributed by atoms with E-state index in [9.17, 15) is 15.0 Å². The minimum Gasteiger partial charge on any atom is -0.497 e. The van der Waals surface area contributed by atoms with Crippen molar-refractivity contribution in [2.45, 2.75) is 18.8 Å². The third-order valence-electron chi connectivity index (χ3n) is 3.33. The monoisotopic (exact) mass is 280 g/mol. The van der Waals surface area contributed by atoms with Gasteiger partial charge in [-0.1, -0.05) is 12.1 Å². The number of carbonyl (C=O) groups is 1. The van der Waals surface area contributed by atoms with Gasteiger partial charge in [-0.05, 0) is 17.7 Å². The first-order valence-corrected chi connectivity index (χ1v) is 6.56. The van der Waals surface area contributed by atoms with Crippen LogP contribution < -0.4 is 10.1 Å². The summed E-state index contributed by atoms with van der Waals surface area (Å²) >= 11 is 0. The first-order valence-electron chi connectivity index (χ1n) is 6.56. The molecule has 1 aromatic rings. The Hall–Kier alpha value is -1.63. The van der Waals surface area contributed by atoms with Gasteiger partial charge >= 0.3 is 0 Å². The molecule has 1 amide bonds. The molecule has 2 rings (SSSR count). The summed E-state index contributed by atoms with van der Waals surface area (Å²) in [6.07, 6.45) is -1.53. The summed E-state index contributed by atoms with van der Waals surface area (Å²) in [5.41, 5.74) is 0.958. The maximum Gasteiger partial charge on any atom is 0.234 e. The van der Waals surface area contributed by atoms with E-state index in [0.717, 1.165) is 11.3 Å². The summed E-state index contributed by atoms with van der Waals surface area (Å²) in [7, 11) is 1.60. The average Bonchev–Trinajstić information content (AvgIpc) is 2.75. The fourth-order valence-corrected chi connectivity index (χ4v) is 2.22. The quantitative estimate of drug-likeness (QED) is 0.667. The van der Waals surface area contributed by atoms with Crippen LogP contribution in [0.4, 0.5) is 0 Å². The van der Waals surface area contributed by atoms with Crippen molar-refractivity contribution >= 4 is 5.91 Å². The predicted molar refractivity (Wildman–Crippen MR) is 73.3 cm³/mol. The number of nitrogens with one attached hydrogen (secondary N) is 1. The molecule has 6 heteroatoms. The van der Waals surface area contributed by atoms with Crippen molar-refractivity contribution in [1.29, 1.82) is 0 Å². The van der Waals surface area contributed by atoms with Crippen molar-refractivity contribution < 1.29 is 19.7 Å². The minimum absolute atomic E-state index is 0.130. The van der Waals surface area contributed by atoms with E-state index in [1.54, 1.807) is 12.0 Å². The lowest BCUT2D eigenvalue weighted by molar-refractivity contribution is -0.122. The smallest absolute Gasteiger partial charge is 0.234 e. The average molecular weight is 280 g/mol. The van der Waals surface area contributed by atoms with Gasteiger partial charge in [-0.3, -0.25) is 9.69 Å². The Kier molecular flexibility index (Phi) is 4.94. The van der Waals surface area contributed by atoms with Crippen molar-refractivity contribution in [3.05, 3.63) is 29.8 Å². The lowest BCUT2D eigenvalue weighted by atomic mass is 10.2. The fourth-order valence-electron chi connectivity index (χ4n) is 2.22. The van der Waals surface area contributed by atoms with Crippen LogP contribution in [0.25, 0.3) is 0 Å². The van der Waals surface area contributed by atoms with Gasteiger partial charge in [0.1, 0.15) is 5.75 Å². The van der Waals surface area contributed by atoms with Crippen molar-refractivity contribution in [3.63, 3.8) is 0 Å². The predicted octanol–water partition coefficient (Wildman–Crippen LogP) is -0.651. The molecule has 1 aliphatic rings. The number of amides is 1. The van der Waals surface area contributed by atoms with Gasteiger partial charge < -0.3 is 20.3 Å². The second kappa shape index (κ2) is 6.69. The Balaban J connectivity index is 1.77. The van der Waals surface area contributed by atoms with Crippen molar-refractivity contribution in [3.8, 4) is 5.75 Å². The molecule has 6 nitrogen and oxygen atoms in total. The van der Waals surface area contributed by atoms with E-state index < -0.39 is 12.2 Å². The van der Waals surface area contributed by atoms with Crippen molar-refractivity contribution in [2.75, 3.05) is 26.7 Å². The number of aliphatic hydroxyl groups excluding tert-OH is 2. The molecular weight excluding hydrogens is 260 g/mol. The lowest BCUT2D eigenvalue weighted by Gasteiger charge is -2.14. The van der Waals surface area contributed by atoms with Crippen LogP contribution in [0, 0.1) is 0 Å². The van der Waals surface area contributed by atoms with E-state index in [-0.39, 0.29) is 12.5 Å². The fraction of sp³-hybridized carbons (Fsp3) is 0.500. The third kappa shape index (κ3) is 3.93. The number of aliphatic hydroxyl groups is 2. The summed E-state index contributed by atoms with van der Waals surface area (Å²) in [5.74, 6) is 0.622. The molecule has 1 aliphatic heterocycles. The van der Waals surface area contributed by atoms with Crippen LogP contribution >= 0.6 is 0 Å². The van der Waals surface area contributed by atoms with E-state index >= 15 is 0 Å². The van der Waals surface area contributed by atoms with Crippen LogP contribution in [0.2, 0.25) is 0 Å². The zero-order chi connectivity index (χ0) is 14.5. The number of benzene rings is 1. The molecule has 0 radical (unpaired) electrons. The highest BCUT2D eigenvalue weighted by Gasteiger charge is 2.30. The Labute approximate surface area is 118 Å². The number of β-amino-alcohol motifs (C(OH)–C–C–N with tert-alkyl or cyclic N) is 2. The highest BCUT2D eigenvalue weighted by Crippen LogP contribution is 2.12. The Morgan fingerprint density at radius 2 is 2.10 bits per heavy atom. The first-order chi connectivity index (χ1) is 9.58. The molecular formula is C14H20N2O4. The Morgan fingerprint density at radius 1 is 1.40 bits per heavy atom. The van der Waals surface area contributed by atoms with Gasteiger partial charge in [0.2, 0.25) is 5.91 Å². The molecule has 20 heavy (non-hydrogen) atoms. The summed E-state index contributed by atoms with van der Waals surface area (Å²) < 4.78 is 5.12. The first kappa shape index (κ1) is 14.8. The second-order valence-corrected chi connectivity index (χ2v) is 4.96. The molecule has 1 heterocycles. The molecule has 0 saturated carbocycles. The molecule has 0 bridgehead atoms. The normalized spacial score (nSPS) is 22.8. The zero-order valence-corrected chi connectivity index (χ0v) is 11.5. The second-order valence-electron chi connectivity index (χ2n) is 4.96. The van der Waals surface area contributed by atoms with Gasteiger partial charge in [-0.15, -0.1) is 0 Å². The van der Waals surface area contributed by atoms with Crippen LogP contribution in [0.3, 0.4) is 0 Å². The number of carbonyl (C=O) groups excluding carboxylic acids is 1. The molecule has 0 unspecified atom stereocenters. The van der Waals surface area contributed by atoms with Crippen LogP contribution in [0.5, 0.6) is 5.75 Å². The number of nitrogens with zero attached hydrogens (tertiary/aromatic N) is 1. The molecule has 2 atom stereocenters. The van der Waals surface area contributed by atoms with E-state index in [4.69, 9.17) is 4.74 Å². The highest BCUT2D eigenvalue weighted by molar-refractivity contribution is 5.78. The number of hydrogen-bond donors (Lipinski definition) is 3. The van der Waals surface area contributed by atoms with Crippen molar-refractivity contribution in [1.82, 2.24) is 10.2 Å². The summed E-state index contributed by atoms with van der Waals surface area (Å²) in [5, 5.41) is 21.6. The molecule has 0 aromatic heterocycles. The number of likely N-dealkylation sites (tertiary alicyclic amines) is 1. The van der Waals surface area contributed by atoms with Crippen LogP contribution in [-0.4, -0.2) is 60.0 Å². The van der Waals surface area contributed by atoms with E-state index in [1.807, 2.05) is 24.3 Å². The SMILES string of the molecule is COc1cccc(CNC(=O)CN2C[C@@H](O)[C@@H](O)C2)c1. The largest absolute Gasteiger partial charge is 0.497 e. The van der Waals surface area contributed by atoms with Gasteiger partial charge in [0.25, 0.3) is 0 Å². The van der Waals surface area contributed by atoms with E-state index in [2.05, 4.69) is 5.32 Å². The zero-order valence-electron chi connectivity index (χ0n) is 11.5. The molecule has 0 aliphatic carbocycles. The van der Waals surface area contributed by atoms with E-state index in [1.165, 1.54) is 0 Å². The molecule has 1 aromatic carbocycles. The lowest BCUT2D eigenvalue weighted by Crippen LogP contribution is -2.36. The van der Waals surface area contributed by atoms with Gasteiger partial charge in [-0.2, -0.15) is 0 Å².